The van der Waals surface area contributed by atoms with Crippen LogP contribution in [-0.4, -0.2) is 13.3 Å². The smallest absolute Gasteiger partial charge is 0.396 e. The van der Waals surface area contributed by atoms with Crippen molar-refractivity contribution in [2.45, 2.75) is 4.90 Å². The van der Waals surface area contributed by atoms with E-state index in [9.17, 15) is 23.3 Å². The molecule has 0 saturated carbocycles. The maximum absolute atomic E-state index is 12.1. The third kappa shape index (κ3) is 3.07. The number of non-ortho nitro benzene ring substituents is 1. The van der Waals surface area contributed by atoms with Crippen molar-refractivity contribution >= 4 is 37.4 Å². The molecule has 8 nitrogen and oxygen atoms in total. The van der Waals surface area contributed by atoms with Crippen LogP contribution in [0.25, 0.3) is 10.3 Å². The summed E-state index contributed by atoms with van der Waals surface area (Å²) in [6, 6.07) is 8.47. The molecule has 23 heavy (non-hydrogen) atoms. The average molecular weight is 353 g/mol. The zero-order chi connectivity index (χ0) is 16.6. The van der Waals surface area contributed by atoms with Gasteiger partial charge in [0.05, 0.1) is 9.62 Å². The molecule has 10 heteroatoms. The molecule has 0 atom stereocenters. The van der Waals surface area contributed by atoms with Crippen LogP contribution in [0.5, 0.6) is 5.75 Å². The lowest BCUT2D eigenvalue weighted by atomic mass is 10.3. The zero-order valence-electron chi connectivity index (χ0n) is 11.2. The number of hydrogen-bond donors (Lipinski definition) is 0. The van der Waals surface area contributed by atoms with Gasteiger partial charge in [0.1, 0.15) is 10.6 Å². The molecule has 0 fully saturated rings. The van der Waals surface area contributed by atoms with Crippen LogP contribution in [0.2, 0.25) is 0 Å². The number of nitrogens with zero attached hydrogens (tertiary/aromatic N) is 1. The molecule has 1 heterocycles. The Balaban J connectivity index is 1.92. The molecule has 0 saturated heterocycles. The van der Waals surface area contributed by atoms with E-state index in [0.717, 1.165) is 35.6 Å². The van der Waals surface area contributed by atoms with E-state index in [1.54, 1.807) is 0 Å². The van der Waals surface area contributed by atoms with Gasteiger partial charge in [0, 0.05) is 18.2 Å². The summed E-state index contributed by atoms with van der Waals surface area (Å²) in [4.78, 5) is 20.3. The van der Waals surface area contributed by atoms with Gasteiger partial charge in [-0.25, -0.2) is 4.79 Å². The normalized spacial score (nSPS) is 11.5. The van der Waals surface area contributed by atoms with E-state index in [0.29, 0.717) is 4.70 Å². The molecular weight excluding hydrogens is 346 g/mol. The lowest BCUT2D eigenvalue weighted by molar-refractivity contribution is -0.384. The first-order chi connectivity index (χ1) is 10.8. The maximum atomic E-state index is 12.1. The zero-order valence-corrected chi connectivity index (χ0v) is 12.8. The summed E-state index contributed by atoms with van der Waals surface area (Å²) in [5, 5.41) is 10.6. The van der Waals surface area contributed by atoms with Gasteiger partial charge in [-0.1, -0.05) is 11.3 Å². The van der Waals surface area contributed by atoms with Crippen LogP contribution in [0.3, 0.4) is 0 Å². The summed E-state index contributed by atoms with van der Waals surface area (Å²) in [5.41, 5.74) is -0.0122. The molecule has 0 unspecified atom stereocenters. The Morgan fingerprint density at radius 1 is 1.13 bits per heavy atom. The topological polar surface area (TPSA) is 117 Å². The SMILES string of the molecule is O=c1oc2cc(OS(=O)(=O)c3ccc([N+](=O)[O-])cc3)ccc2s1. The Labute approximate surface area is 132 Å². The standard InChI is InChI=1S/C13H7NO7S2/c15-13-20-11-7-9(3-6-12(11)22-13)21-23(18,19)10-4-1-8(2-5-10)14(16)17/h1-7H. The fourth-order valence-corrected chi connectivity index (χ4v) is 3.38. The first-order valence-corrected chi connectivity index (χ1v) is 8.30. The second-order valence-corrected chi connectivity index (χ2v) is 6.87. The molecule has 2 aromatic carbocycles. The molecule has 0 bridgehead atoms. The van der Waals surface area contributed by atoms with E-state index in [1.807, 2.05) is 0 Å². The van der Waals surface area contributed by atoms with E-state index in [-0.39, 0.29) is 21.9 Å². The molecule has 0 aliphatic heterocycles. The molecule has 0 amide bonds. The first-order valence-electron chi connectivity index (χ1n) is 6.08. The van der Waals surface area contributed by atoms with Crippen molar-refractivity contribution in [3.05, 3.63) is 62.3 Å². The highest BCUT2D eigenvalue weighted by Gasteiger charge is 2.19. The molecule has 0 N–H and O–H groups in total. The van der Waals surface area contributed by atoms with Crippen LogP contribution >= 0.6 is 11.3 Å². The minimum absolute atomic E-state index is 0.0302. The monoisotopic (exact) mass is 353 g/mol. The van der Waals surface area contributed by atoms with Crippen LogP contribution in [0.4, 0.5) is 5.69 Å². The Morgan fingerprint density at radius 3 is 2.48 bits per heavy atom. The Bertz CT molecular complexity index is 1050. The van der Waals surface area contributed by atoms with Crippen LogP contribution < -0.4 is 9.12 Å². The van der Waals surface area contributed by atoms with Gasteiger partial charge in [0.2, 0.25) is 0 Å². The summed E-state index contributed by atoms with van der Waals surface area (Å²) in [7, 11) is -4.16. The van der Waals surface area contributed by atoms with Crippen molar-refractivity contribution in [1.82, 2.24) is 0 Å². The van der Waals surface area contributed by atoms with Crippen molar-refractivity contribution in [1.29, 1.82) is 0 Å². The maximum Gasteiger partial charge on any atom is 0.396 e. The fraction of sp³-hybridized carbons (Fsp3) is 0. The second kappa shape index (κ2) is 5.48. The van der Waals surface area contributed by atoms with Gasteiger partial charge in [-0.05, 0) is 24.3 Å². The average Bonchev–Trinajstić information content (AvgIpc) is 2.86. The van der Waals surface area contributed by atoms with Crippen LogP contribution in [0.15, 0.2) is 56.6 Å². The highest BCUT2D eigenvalue weighted by atomic mass is 32.2. The predicted molar refractivity (Wildman–Crippen MR) is 81.3 cm³/mol. The molecule has 0 radical (unpaired) electrons. The first kappa shape index (κ1) is 15.2. The van der Waals surface area contributed by atoms with Gasteiger partial charge >= 0.3 is 15.1 Å². The molecule has 0 aliphatic carbocycles. The lowest BCUT2D eigenvalue weighted by Crippen LogP contribution is -2.09. The summed E-state index contributed by atoms with van der Waals surface area (Å²) >= 11 is 0.888. The molecule has 3 rings (SSSR count). The van der Waals surface area contributed by atoms with Crippen LogP contribution in [0.1, 0.15) is 0 Å². The highest BCUT2D eigenvalue weighted by Crippen LogP contribution is 2.26. The van der Waals surface area contributed by atoms with Gasteiger partial charge in [-0.2, -0.15) is 8.42 Å². The second-order valence-electron chi connectivity index (χ2n) is 4.35. The van der Waals surface area contributed by atoms with E-state index >= 15 is 0 Å². The quantitative estimate of drug-likeness (QED) is 0.402. The Morgan fingerprint density at radius 2 is 1.83 bits per heavy atom. The summed E-state index contributed by atoms with van der Waals surface area (Å²) in [6.07, 6.45) is 0. The number of rotatable bonds is 4. The predicted octanol–water partition coefficient (Wildman–Crippen LogP) is 2.53. The van der Waals surface area contributed by atoms with Crippen molar-refractivity contribution in [2.24, 2.45) is 0 Å². The lowest BCUT2D eigenvalue weighted by Gasteiger charge is -2.06. The number of hydrogen-bond acceptors (Lipinski definition) is 8. The van der Waals surface area contributed by atoms with Gasteiger partial charge in [-0.3, -0.25) is 10.1 Å². The van der Waals surface area contributed by atoms with Crippen LogP contribution in [-0.2, 0) is 10.1 Å². The van der Waals surface area contributed by atoms with E-state index in [2.05, 4.69) is 0 Å². The molecule has 0 aliphatic rings. The Kier molecular flexibility index (Phi) is 3.62. The largest absolute Gasteiger partial charge is 0.414 e. The van der Waals surface area contributed by atoms with Crippen molar-refractivity contribution in [3.63, 3.8) is 0 Å². The van der Waals surface area contributed by atoms with Gasteiger partial charge in [0.25, 0.3) is 5.69 Å². The Hall–Kier alpha value is -2.72. The summed E-state index contributed by atoms with van der Waals surface area (Å²) in [5.74, 6) is -0.0302. The third-order valence-corrected chi connectivity index (χ3v) is 4.91. The molecule has 0 spiro atoms. The molecular formula is C13H7NO7S2. The minimum atomic E-state index is -4.16. The van der Waals surface area contributed by atoms with Crippen molar-refractivity contribution in [3.8, 4) is 5.75 Å². The number of nitro groups is 1. The van der Waals surface area contributed by atoms with Gasteiger partial charge in [0.15, 0.2) is 5.58 Å². The fourth-order valence-electron chi connectivity index (χ4n) is 1.81. The third-order valence-electron chi connectivity index (χ3n) is 2.84. The molecule has 3 aromatic rings. The van der Waals surface area contributed by atoms with Crippen molar-refractivity contribution < 1.29 is 21.9 Å². The van der Waals surface area contributed by atoms with Crippen LogP contribution in [0, 0.1) is 10.1 Å². The van der Waals surface area contributed by atoms with E-state index < -0.39 is 20.0 Å². The number of nitro benzene ring substituents is 1. The summed E-state index contributed by atoms with van der Waals surface area (Å²) < 4.78 is 34.7. The highest BCUT2D eigenvalue weighted by molar-refractivity contribution is 7.87. The van der Waals surface area contributed by atoms with Gasteiger partial charge in [-0.15, -0.1) is 0 Å². The number of benzene rings is 2. The van der Waals surface area contributed by atoms with E-state index in [1.165, 1.54) is 18.2 Å². The number of fused-ring (bicyclic) bond motifs is 1. The van der Waals surface area contributed by atoms with Gasteiger partial charge < -0.3 is 8.60 Å². The molecule has 1 aromatic heterocycles. The van der Waals surface area contributed by atoms with Crippen molar-refractivity contribution in [2.75, 3.05) is 0 Å². The minimum Gasteiger partial charge on any atom is -0.414 e. The van der Waals surface area contributed by atoms with E-state index in [4.69, 9.17) is 8.60 Å². The molecule has 118 valence electrons. The summed E-state index contributed by atoms with van der Waals surface area (Å²) in [6.45, 7) is 0.